The van der Waals surface area contributed by atoms with Crippen LogP contribution in [-0.4, -0.2) is 88.3 Å². The predicted molar refractivity (Wildman–Crippen MR) is 120 cm³/mol. The second kappa shape index (κ2) is 13.1. The summed E-state index contributed by atoms with van der Waals surface area (Å²) in [5.74, 6) is 1.49. The summed E-state index contributed by atoms with van der Waals surface area (Å²) >= 11 is 0. The number of hydrogen-bond acceptors (Lipinski definition) is 5. The molecule has 27 heavy (non-hydrogen) atoms. The van der Waals surface area contributed by atoms with E-state index in [-0.39, 0.29) is 36.0 Å². The molecule has 2 aliphatic rings. The van der Waals surface area contributed by atoms with Gasteiger partial charge in [-0.05, 0) is 25.2 Å². The molecular weight excluding hydrogens is 459 g/mol. The number of halogens is 1. The molecule has 160 valence electrons. The Morgan fingerprint density at radius 2 is 1.93 bits per heavy atom. The molecule has 8 heteroatoms. The van der Waals surface area contributed by atoms with Crippen molar-refractivity contribution in [3.63, 3.8) is 0 Å². The monoisotopic (exact) mass is 498 g/mol. The summed E-state index contributed by atoms with van der Waals surface area (Å²) in [6.07, 6.45) is 2.91. The zero-order valence-electron chi connectivity index (χ0n) is 17.2. The summed E-state index contributed by atoms with van der Waals surface area (Å²) in [5, 5.41) is 16.3. The Bertz CT molecular complexity index is 425. The van der Waals surface area contributed by atoms with Crippen molar-refractivity contribution in [1.82, 2.24) is 15.5 Å². The molecular formula is C19H39IN4O3. The molecule has 2 atom stereocenters. The van der Waals surface area contributed by atoms with Crippen molar-refractivity contribution in [1.29, 1.82) is 0 Å². The molecule has 0 spiro atoms. The SMILES string of the molecule is CN=C(NCC(CC(C)C)N1CCOCC1)NCC1(CCO)CCOC1.I. The van der Waals surface area contributed by atoms with E-state index < -0.39 is 0 Å². The maximum Gasteiger partial charge on any atom is 0.191 e. The van der Waals surface area contributed by atoms with Gasteiger partial charge in [-0.3, -0.25) is 9.89 Å². The zero-order chi connectivity index (χ0) is 18.8. The minimum absolute atomic E-state index is 0. The van der Waals surface area contributed by atoms with Crippen LogP contribution in [0.15, 0.2) is 4.99 Å². The first kappa shape index (κ1) is 24.9. The lowest BCUT2D eigenvalue weighted by Crippen LogP contribution is -2.52. The molecule has 2 rings (SSSR count). The van der Waals surface area contributed by atoms with Gasteiger partial charge in [-0.15, -0.1) is 24.0 Å². The fourth-order valence-electron chi connectivity index (χ4n) is 3.87. The van der Waals surface area contributed by atoms with Crippen LogP contribution in [0.2, 0.25) is 0 Å². The Labute approximate surface area is 181 Å². The Kier molecular flexibility index (Phi) is 12.1. The molecule has 2 heterocycles. The van der Waals surface area contributed by atoms with E-state index in [1.807, 2.05) is 7.05 Å². The normalized spacial score (nSPS) is 25.3. The van der Waals surface area contributed by atoms with Gasteiger partial charge in [-0.1, -0.05) is 13.8 Å². The second-order valence-electron chi connectivity index (χ2n) is 8.01. The fourth-order valence-corrected chi connectivity index (χ4v) is 3.87. The number of guanidine groups is 1. The lowest BCUT2D eigenvalue weighted by Gasteiger charge is -2.36. The highest BCUT2D eigenvalue weighted by Gasteiger charge is 2.34. The van der Waals surface area contributed by atoms with Crippen LogP contribution < -0.4 is 10.6 Å². The highest BCUT2D eigenvalue weighted by atomic mass is 127. The molecule has 0 aliphatic carbocycles. The molecule has 0 saturated carbocycles. The van der Waals surface area contributed by atoms with Crippen molar-refractivity contribution < 1.29 is 14.6 Å². The number of nitrogens with zero attached hydrogens (tertiary/aromatic N) is 2. The van der Waals surface area contributed by atoms with Crippen molar-refractivity contribution in [2.24, 2.45) is 16.3 Å². The molecule has 3 N–H and O–H groups in total. The molecule has 0 aromatic carbocycles. The van der Waals surface area contributed by atoms with Crippen LogP contribution in [0.1, 0.15) is 33.1 Å². The number of aliphatic hydroxyl groups is 1. The van der Waals surface area contributed by atoms with Gasteiger partial charge in [0.1, 0.15) is 0 Å². The smallest absolute Gasteiger partial charge is 0.191 e. The van der Waals surface area contributed by atoms with Crippen molar-refractivity contribution in [2.45, 2.75) is 39.2 Å². The van der Waals surface area contributed by atoms with Crippen LogP contribution in [0.4, 0.5) is 0 Å². The van der Waals surface area contributed by atoms with E-state index in [1.165, 1.54) is 0 Å². The van der Waals surface area contributed by atoms with E-state index in [9.17, 15) is 5.11 Å². The third kappa shape index (κ3) is 8.39. The van der Waals surface area contributed by atoms with Crippen LogP contribution in [-0.2, 0) is 9.47 Å². The number of aliphatic hydroxyl groups excluding tert-OH is 1. The van der Waals surface area contributed by atoms with Gasteiger partial charge >= 0.3 is 0 Å². The molecule has 0 aromatic rings. The highest BCUT2D eigenvalue weighted by Crippen LogP contribution is 2.31. The largest absolute Gasteiger partial charge is 0.396 e. The Morgan fingerprint density at radius 1 is 1.19 bits per heavy atom. The Hall–Kier alpha value is -0.160. The number of morpholine rings is 1. The van der Waals surface area contributed by atoms with Crippen LogP contribution in [0.3, 0.4) is 0 Å². The highest BCUT2D eigenvalue weighted by molar-refractivity contribution is 14.0. The minimum atomic E-state index is 0. The first-order chi connectivity index (χ1) is 12.6. The van der Waals surface area contributed by atoms with E-state index in [0.29, 0.717) is 18.6 Å². The van der Waals surface area contributed by atoms with Gasteiger partial charge in [0.05, 0.1) is 19.8 Å². The minimum Gasteiger partial charge on any atom is -0.396 e. The van der Waals surface area contributed by atoms with Crippen molar-refractivity contribution >= 4 is 29.9 Å². The van der Waals surface area contributed by atoms with E-state index in [4.69, 9.17) is 9.47 Å². The van der Waals surface area contributed by atoms with E-state index in [2.05, 4.69) is 34.4 Å². The first-order valence-electron chi connectivity index (χ1n) is 10.0. The van der Waals surface area contributed by atoms with Gasteiger partial charge in [-0.25, -0.2) is 0 Å². The summed E-state index contributed by atoms with van der Waals surface area (Å²) < 4.78 is 11.1. The van der Waals surface area contributed by atoms with Gasteiger partial charge in [0.25, 0.3) is 0 Å². The molecule has 2 unspecified atom stereocenters. The Morgan fingerprint density at radius 3 is 2.48 bits per heavy atom. The standard InChI is InChI=1S/C19H38N4O3.HI/c1-16(2)12-17(23-6-10-25-11-7-23)13-21-18(20-3)22-14-19(4-8-24)5-9-26-15-19;/h16-17,24H,4-15H2,1-3H3,(H2,20,21,22);1H. The molecule has 2 aliphatic heterocycles. The molecule has 2 saturated heterocycles. The average molecular weight is 498 g/mol. The van der Waals surface area contributed by atoms with E-state index >= 15 is 0 Å². The van der Waals surface area contributed by atoms with Crippen LogP contribution in [0, 0.1) is 11.3 Å². The van der Waals surface area contributed by atoms with Crippen molar-refractivity contribution in [3.8, 4) is 0 Å². The van der Waals surface area contributed by atoms with Gasteiger partial charge in [0.15, 0.2) is 5.96 Å². The number of rotatable bonds is 9. The third-order valence-corrected chi connectivity index (χ3v) is 5.49. The first-order valence-corrected chi connectivity index (χ1v) is 10.0. The summed E-state index contributed by atoms with van der Waals surface area (Å²) in [4.78, 5) is 6.91. The van der Waals surface area contributed by atoms with Gasteiger partial charge in [-0.2, -0.15) is 0 Å². The summed E-state index contributed by atoms with van der Waals surface area (Å²) in [6, 6.07) is 0.485. The predicted octanol–water partition coefficient (Wildman–Crippen LogP) is 1.31. The molecule has 0 bridgehead atoms. The lowest BCUT2D eigenvalue weighted by atomic mass is 9.84. The van der Waals surface area contributed by atoms with Gasteiger partial charge in [0.2, 0.25) is 0 Å². The van der Waals surface area contributed by atoms with E-state index in [1.54, 1.807) is 0 Å². The number of aliphatic imine (C=N–C) groups is 1. The number of hydrogen-bond donors (Lipinski definition) is 3. The molecule has 0 aromatic heterocycles. The summed E-state index contributed by atoms with van der Waals surface area (Å²) in [6.45, 7) is 11.5. The Balaban J connectivity index is 0.00000364. The third-order valence-electron chi connectivity index (χ3n) is 5.49. The molecule has 2 fully saturated rings. The van der Waals surface area contributed by atoms with Gasteiger partial charge < -0.3 is 25.2 Å². The molecule has 0 amide bonds. The summed E-state index contributed by atoms with van der Waals surface area (Å²) in [5.41, 5.74) is 0.0217. The number of ether oxygens (including phenoxy) is 2. The number of nitrogens with one attached hydrogen (secondary N) is 2. The average Bonchev–Trinajstić information content (AvgIpc) is 3.10. The second-order valence-corrected chi connectivity index (χ2v) is 8.01. The summed E-state index contributed by atoms with van der Waals surface area (Å²) in [7, 11) is 1.81. The van der Waals surface area contributed by atoms with Crippen LogP contribution in [0.25, 0.3) is 0 Å². The topological polar surface area (TPSA) is 78.4 Å². The quantitative estimate of drug-likeness (QED) is 0.253. The lowest BCUT2D eigenvalue weighted by molar-refractivity contribution is 0.0132. The van der Waals surface area contributed by atoms with Crippen LogP contribution in [0.5, 0.6) is 0 Å². The zero-order valence-corrected chi connectivity index (χ0v) is 19.5. The maximum atomic E-state index is 9.37. The van der Waals surface area contributed by atoms with E-state index in [0.717, 1.165) is 71.2 Å². The van der Waals surface area contributed by atoms with Crippen LogP contribution >= 0.6 is 24.0 Å². The van der Waals surface area contributed by atoms with Crippen molar-refractivity contribution in [3.05, 3.63) is 0 Å². The maximum absolute atomic E-state index is 9.37. The molecule has 7 nitrogen and oxygen atoms in total. The van der Waals surface area contributed by atoms with Gasteiger partial charge in [0, 0.05) is 57.9 Å². The molecule has 0 radical (unpaired) electrons. The van der Waals surface area contributed by atoms with Crippen molar-refractivity contribution in [2.75, 3.05) is 66.3 Å². The fraction of sp³-hybridized carbons (Fsp3) is 0.947.